The van der Waals surface area contributed by atoms with E-state index < -0.39 is 11.7 Å². The van der Waals surface area contributed by atoms with Gasteiger partial charge in [0, 0.05) is 23.0 Å². The fraction of sp³-hybridized carbons (Fsp3) is 0.333. The summed E-state index contributed by atoms with van der Waals surface area (Å²) in [5.74, 6) is -0.250. The smallest absolute Gasteiger partial charge is 0.398 e. The van der Waals surface area contributed by atoms with Crippen LogP contribution >= 0.6 is 0 Å². The van der Waals surface area contributed by atoms with Gasteiger partial charge in [0.25, 0.3) is 0 Å². The molecule has 5 N–H and O–H groups in total. The highest BCUT2D eigenvalue weighted by Gasteiger charge is 2.32. The van der Waals surface area contributed by atoms with E-state index in [1.54, 1.807) is 0 Å². The molecule has 0 amide bonds. The van der Waals surface area contributed by atoms with Crippen molar-refractivity contribution in [2.24, 2.45) is 10.7 Å². The molecule has 0 aliphatic carbocycles. The summed E-state index contributed by atoms with van der Waals surface area (Å²) in [5, 5.41) is 7.14. The quantitative estimate of drug-likeness (QED) is 0.442. The molecule has 0 aliphatic heterocycles. The number of nitrogens with two attached hydrogens (primary N) is 2. The van der Waals surface area contributed by atoms with Crippen LogP contribution in [0.5, 0.6) is 0 Å². The number of nitrogens with zero attached hydrogens (tertiary/aromatic N) is 1. The molecule has 0 aromatic heterocycles. The Morgan fingerprint density at radius 2 is 1.91 bits per heavy atom. The van der Waals surface area contributed by atoms with E-state index in [4.69, 9.17) is 16.9 Å². The summed E-state index contributed by atoms with van der Waals surface area (Å²) in [4.78, 5) is 3.87. The number of hydrogen-bond donors (Lipinski definition) is 3. The Bertz CT molecular complexity index is 560. The summed E-state index contributed by atoms with van der Waals surface area (Å²) in [5.41, 5.74) is 11.5. The molecule has 0 spiro atoms. The van der Waals surface area contributed by atoms with Crippen LogP contribution in [0.15, 0.2) is 34.8 Å². The van der Waals surface area contributed by atoms with E-state index in [0.29, 0.717) is 16.9 Å². The summed E-state index contributed by atoms with van der Waals surface area (Å²) in [7, 11) is 0. The highest BCUT2D eigenvalue weighted by molar-refractivity contribution is 5.95. The van der Waals surface area contributed by atoms with E-state index in [-0.39, 0.29) is 12.3 Å². The second-order valence-electron chi connectivity index (χ2n) is 4.02. The van der Waals surface area contributed by atoms with E-state index >= 15 is 0 Å². The van der Waals surface area contributed by atoms with Gasteiger partial charge in [-0.2, -0.15) is 13.2 Å². The number of nitrogen functional groups attached to an aromatic ring is 1. The zero-order chi connectivity index (χ0) is 17.3. The lowest BCUT2D eigenvalue weighted by molar-refractivity contribution is -0.0934. The lowest BCUT2D eigenvalue weighted by atomic mass is 10.1. The van der Waals surface area contributed by atoms with Crippen LogP contribution in [0.3, 0.4) is 0 Å². The van der Waals surface area contributed by atoms with Gasteiger partial charge < -0.3 is 16.9 Å². The summed E-state index contributed by atoms with van der Waals surface area (Å²) in [6, 6.07) is 4.51. The molecular weight excluding hydrogens is 293 g/mol. The number of hydrogen-bond acceptors (Lipinski definition) is 3. The Morgan fingerprint density at radius 3 is 2.36 bits per heavy atom. The number of aliphatic imine (C=N–C) groups is 1. The van der Waals surface area contributed by atoms with Crippen molar-refractivity contribution >= 4 is 23.4 Å². The number of benzene rings is 1. The first kappa shape index (κ1) is 19.7. The number of amidine groups is 1. The number of halogens is 3. The van der Waals surface area contributed by atoms with Gasteiger partial charge >= 0.3 is 6.18 Å². The van der Waals surface area contributed by atoms with Gasteiger partial charge in [0.1, 0.15) is 5.84 Å². The van der Waals surface area contributed by atoms with Gasteiger partial charge in [0.15, 0.2) is 0 Å². The lowest BCUT2D eigenvalue weighted by Gasteiger charge is -2.09. The summed E-state index contributed by atoms with van der Waals surface area (Å²) in [6.45, 7) is 5.39. The van der Waals surface area contributed by atoms with Crippen LogP contribution in [0.4, 0.5) is 24.5 Å². The molecule has 0 radical (unpaired) electrons. The lowest BCUT2D eigenvalue weighted by Crippen LogP contribution is -2.16. The maximum Gasteiger partial charge on any atom is 0.412 e. The van der Waals surface area contributed by atoms with Crippen LogP contribution in [-0.2, 0) is 0 Å². The minimum atomic E-state index is -4.42. The van der Waals surface area contributed by atoms with Crippen LogP contribution < -0.4 is 11.5 Å². The third-order valence-electron chi connectivity index (χ3n) is 2.55. The van der Waals surface area contributed by atoms with Crippen molar-refractivity contribution in [3.63, 3.8) is 0 Å². The van der Waals surface area contributed by atoms with Crippen molar-refractivity contribution in [3.05, 3.63) is 35.4 Å². The van der Waals surface area contributed by atoms with Gasteiger partial charge in [-0.05, 0) is 30.7 Å². The number of rotatable bonds is 4. The summed E-state index contributed by atoms with van der Waals surface area (Å²) >= 11 is 0. The van der Waals surface area contributed by atoms with Crippen molar-refractivity contribution in [1.82, 2.24) is 0 Å². The first-order chi connectivity index (χ1) is 10.3. The molecule has 0 bridgehead atoms. The average Bonchev–Trinajstić information content (AvgIpc) is 2.47. The molecule has 22 heavy (non-hydrogen) atoms. The molecular formula is C15H21F3N4. The molecule has 0 saturated heterocycles. The minimum Gasteiger partial charge on any atom is -0.398 e. The van der Waals surface area contributed by atoms with Crippen LogP contribution in [0.2, 0.25) is 0 Å². The predicted molar refractivity (Wildman–Crippen MR) is 85.8 cm³/mol. The topological polar surface area (TPSA) is 88.2 Å². The third kappa shape index (κ3) is 5.99. The average molecular weight is 314 g/mol. The molecule has 1 rings (SSSR count). The third-order valence-corrected chi connectivity index (χ3v) is 2.55. The van der Waals surface area contributed by atoms with Crippen LogP contribution in [0.25, 0.3) is 0 Å². The molecule has 1 aromatic carbocycles. The van der Waals surface area contributed by atoms with Gasteiger partial charge in [-0.25, -0.2) is 4.99 Å². The van der Waals surface area contributed by atoms with Gasteiger partial charge in [0.05, 0.1) is 5.69 Å². The molecule has 0 unspecified atom stereocenters. The fourth-order valence-corrected chi connectivity index (χ4v) is 1.50. The van der Waals surface area contributed by atoms with E-state index in [2.05, 4.69) is 4.99 Å². The normalized spacial score (nSPS) is 12.5. The Morgan fingerprint density at radius 1 is 1.32 bits per heavy atom. The Balaban J connectivity index is 0.00000211. The Hall–Kier alpha value is -2.31. The summed E-state index contributed by atoms with van der Waals surface area (Å²) in [6.07, 6.45) is -2.77. The second-order valence-corrected chi connectivity index (χ2v) is 4.02. The molecule has 1 aromatic rings. The molecule has 0 fully saturated rings. The van der Waals surface area contributed by atoms with Crippen LogP contribution in [-0.4, -0.2) is 18.2 Å². The van der Waals surface area contributed by atoms with E-state index in [1.165, 1.54) is 25.1 Å². The molecule has 7 heteroatoms. The number of nitrogens with one attached hydrogen (secondary N) is 1. The first-order valence-electron chi connectivity index (χ1n) is 6.79. The number of alkyl halides is 3. The molecule has 0 heterocycles. The fourth-order valence-electron chi connectivity index (χ4n) is 1.50. The highest BCUT2D eigenvalue weighted by Crippen LogP contribution is 2.28. The molecule has 4 nitrogen and oxygen atoms in total. The Kier molecular flexibility index (Phi) is 7.93. The van der Waals surface area contributed by atoms with Crippen molar-refractivity contribution in [1.29, 1.82) is 5.41 Å². The monoisotopic (exact) mass is 314 g/mol. The zero-order valence-electron chi connectivity index (χ0n) is 12.8. The summed E-state index contributed by atoms with van der Waals surface area (Å²) < 4.78 is 37.7. The second kappa shape index (κ2) is 8.86. The predicted octanol–water partition coefficient (Wildman–Crippen LogP) is 4.18. The zero-order valence-corrected chi connectivity index (χ0v) is 12.8. The van der Waals surface area contributed by atoms with E-state index in [1.807, 2.05) is 13.8 Å². The SMILES string of the molecule is CC.CC/C(=C\C(N)=Nc1ccc(N)c(C=N)c1)C(F)(F)F. The van der Waals surface area contributed by atoms with E-state index in [9.17, 15) is 13.2 Å². The van der Waals surface area contributed by atoms with Gasteiger partial charge in [-0.15, -0.1) is 0 Å². The number of allylic oxidation sites excluding steroid dienone is 1. The molecule has 122 valence electrons. The van der Waals surface area contributed by atoms with Crippen molar-refractivity contribution < 1.29 is 13.2 Å². The first-order valence-corrected chi connectivity index (χ1v) is 6.79. The minimum absolute atomic E-state index is 0.187. The van der Waals surface area contributed by atoms with Crippen molar-refractivity contribution in [3.8, 4) is 0 Å². The number of anilines is 1. The van der Waals surface area contributed by atoms with E-state index in [0.717, 1.165) is 12.3 Å². The largest absolute Gasteiger partial charge is 0.412 e. The molecule has 0 aliphatic rings. The Labute approximate surface area is 128 Å². The maximum atomic E-state index is 12.6. The molecule has 0 atom stereocenters. The molecule has 0 saturated carbocycles. The van der Waals surface area contributed by atoms with Gasteiger partial charge in [0.2, 0.25) is 0 Å². The van der Waals surface area contributed by atoms with Gasteiger partial charge in [-0.1, -0.05) is 20.8 Å². The van der Waals surface area contributed by atoms with Crippen molar-refractivity contribution in [2.75, 3.05) is 5.73 Å². The maximum absolute atomic E-state index is 12.6. The van der Waals surface area contributed by atoms with Crippen LogP contribution in [0, 0.1) is 5.41 Å². The standard InChI is InChI=1S/C13H15F3N4.C2H6/c1-2-9(13(14,15)16)6-12(19)20-10-3-4-11(18)8(5-10)7-17;1-2/h3-7,17H,2,18H2,1H3,(H2,19,20);1-2H3/b9-6+,17-7?;. The van der Waals surface area contributed by atoms with Gasteiger partial charge in [-0.3, -0.25) is 0 Å². The van der Waals surface area contributed by atoms with Crippen molar-refractivity contribution in [2.45, 2.75) is 33.4 Å². The highest BCUT2D eigenvalue weighted by atomic mass is 19.4. The van der Waals surface area contributed by atoms with Crippen LogP contribution in [0.1, 0.15) is 32.8 Å².